The van der Waals surface area contributed by atoms with E-state index in [0.29, 0.717) is 0 Å². The first-order chi connectivity index (χ1) is 5.54. The summed E-state index contributed by atoms with van der Waals surface area (Å²) in [6, 6.07) is -0.607. The number of rotatable bonds is 3. The summed E-state index contributed by atoms with van der Waals surface area (Å²) in [5, 5.41) is 0. The minimum Gasteiger partial charge on any atom is -0.468 e. The minimum absolute atomic E-state index is 0. The van der Waals surface area contributed by atoms with E-state index in [1.807, 2.05) is 0 Å². The predicted octanol–water partition coefficient (Wildman–Crippen LogP) is -0.282. The molecular weight excluding hydrogens is 198 g/mol. The third-order valence-electron chi connectivity index (χ3n) is 1.44. The molecule has 0 radical (unpaired) electrons. The maximum atomic E-state index is 11.0. The number of hydrogen-bond donors (Lipinski definition) is 1. The van der Waals surface area contributed by atoms with Gasteiger partial charge in [0.2, 0.25) is 0 Å². The SMILES string of the molecule is COC(=O)C(C(=O)OC)C(C)N.Cl. The molecule has 0 aliphatic rings. The van der Waals surface area contributed by atoms with Crippen molar-refractivity contribution in [3.63, 3.8) is 0 Å². The van der Waals surface area contributed by atoms with Crippen molar-refractivity contribution in [1.29, 1.82) is 0 Å². The molecule has 0 amide bonds. The van der Waals surface area contributed by atoms with Crippen LogP contribution in [0.15, 0.2) is 0 Å². The first kappa shape index (κ1) is 14.7. The van der Waals surface area contributed by atoms with Gasteiger partial charge in [0.1, 0.15) is 0 Å². The third kappa shape index (κ3) is 4.10. The Balaban J connectivity index is 0. The van der Waals surface area contributed by atoms with Crippen LogP contribution < -0.4 is 5.73 Å². The zero-order valence-electron chi connectivity index (χ0n) is 7.77. The first-order valence-electron chi connectivity index (χ1n) is 3.45. The van der Waals surface area contributed by atoms with Crippen LogP contribution in [0, 0.1) is 5.92 Å². The Labute approximate surface area is 83.0 Å². The van der Waals surface area contributed by atoms with Gasteiger partial charge < -0.3 is 15.2 Å². The van der Waals surface area contributed by atoms with Gasteiger partial charge in [-0.05, 0) is 6.92 Å². The normalized spacial score (nSPS) is 11.5. The van der Waals surface area contributed by atoms with E-state index in [4.69, 9.17) is 5.73 Å². The van der Waals surface area contributed by atoms with Crippen LogP contribution in [0.3, 0.4) is 0 Å². The van der Waals surface area contributed by atoms with Gasteiger partial charge in [-0.1, -0.05) is 0 Å². The van der Waals surface area contributed by atoms with E-state index in [1.165, 1.54) is 14.2 Å². The Morgan fingerprint density at radius 3 is 1.62 bits per heavy atom. The Hall–Kier alpha value is -0.810. The highest BCUT2D eigenvalue weighted by molar-refractivity contribution is 5.95. The molecular formula is C7H14ClNO4. The summed E-state index contributed by atoms with van der Waals surface area (Å²) in [6.45, 7) is 1.54. The zero-order valence-corrected chi connectivity index (χ0v) is 8.59. The van der Waals surface area contributed by atoms with Crippen molar-refractivity contribution in [2.45, 2.75) is 13.0 Å². The second-order valence-corrected chi connectivity index (χ2v) is 2.38. The molecule has 0 aromatic heterocycles. The summed E-state index contributed by atoms with van der Waals surface area (Å²) >= 11 is 0. The van der Waals surface area contributed by atoms with Crippen LogP contribution in [-0.4, -0.2) is 32.2 Å². The van der Waals surface area contributed by atoms with Crippen molar-refractivity contribution in [1.82, 2.24) is 0 Å². The van der Waals surface area contributed by atoms with Crippen LogP contribution in [0.1, 0.15) is 6.92 Å². The van der Waals surface area contributed by atoms with Gasteiger partial charge in [0.15, 0.2) is 5.92 Å². The average molecular weight is 212 g/mol. The lowest BCUT2D eigenvalue weighted by Gasteiger charge is -2.14. The Morgan fingerprint density at radius 2 is 1.46 bits per heavy atom. The quantitative estimate of drug-likeness (QED) is 0.513. The van der Waals surface area contributed by atoms with E-state index in [0.717, 1.165) is 0 Å². The number of hydrogen-bond acceptors (Lipinski definition) is 5. The second-order valence-electron chi connectivity index (χ2n) is 2.38. The molecule has 0 aromatic carbocycles. The van der Waals surface area contributed by atoms with Crippen molar-refractivity contribution in [2.75, 3.05) is 14.2 Å². The van der Waals surface area contributed by atoms with E-state index in [-0.39, 0.29) is 12.4 Å². The van der Waals surface area contributed by atoms with E-state index >= 15 is 0 Å². The molecule has 13 heavy (non-hydrogen) atoms. The molecule has 6 heteroatoms. The molecule has 1 atom stereocenters. The summed E-state index contributed by atoms with van der Waals surface area (Å²) in [7, 11) is 2.39. The molecule has 0 fully saturated rings. The van der Waals surface area contributed by atoms with E-state index in [2.05, 4.69) is 9.47 Å². The van der Waals surface area contributed by atoms with Gasteiger partial charge in [-0.15, -0.1) is 12.4 Å². The predicted molar refractivity (Wildman–Crippen MR) is 48.4 cm³/mol. The molecule has 78 valence electrons. The van der Waals surface area contributed by atoms with Crippen molar-refractivity contribution in [3.05, 3.63) is 0 Å². The average Bonchev–Trinajstić information content (AvgIpc) is 2.03. The smallest absolute Gasteiger partial charge is 0.321 e. The fourth-order valence-electron chi connectivity index (χ4n) is 0.779. The molecule has 5 nitrogen and oxygen atoms in total. The highest BCUT2D eigenvalue weighted by Crippen LogP contribution is 2.05. The molecule has 0 saturated heterocycles. The number of carbonyl (C=O) groups is 2. The van der Waals surface area contributed by atoms with Gasteiger partial charge in [-0.25, -0.2) is 0 Å². The fraction of sp³-hybridized carbons (Fsp3) is 0.714. The number of nitrogens with two attached hydrogens (primary N) is 1. The van der Waals surface area contributed by atoms with Crippen molar-refractivity contribution in [2.24, 2.45) is 11.7 Å². The van der Waals surface area contributed by atoms with Crippen molar-refractivity contribution >= 4 is 24.3 Å². The van der Waals surface area contributed by atoms with Gasteiger partial charge in [0.25, 0.3) is 0 Å². The molecule has 0 aliphatic carbocycles. The Morgan fingerprint density at radius 1 is 1.15 bits per heavy atom. The number of ether oxygens (including phenoxy) is 2. The van der Waals surface area contributed by atoms with E-state index in [9.17, 15) is 9.59 Å². The first-order valence-corrected chi connectivity index (χ1v) is 3.45. The van der Waals surface area contributed by atoms with Crippen LogP contribution in [0.4, 0.5) is 0 Å². The summed E-state index contributed by atoms with van der Waals surface area (Å²) < 4.78 is 8.75. The van der Waals surface area contributed by atoms with Crippen LogP contribution in [0.25, 0.3) is 0 Å². The molecule has 0 aromatic rings. The van der Waals surface area contributed by atoms with Crippen LogP contribution >= 0.6 is 12.4 Å². The highest BCUT2D eigenvalue weighted by Gasteiger charge is 2.31. The zero-order chi connectivity index (χ0) is 9.72. The maximum absolute atomic E-state index is 11.0. The number of halogens is 1. The van der Waals surface area contributed by atoms with Crippen LogP contribution in [0.5, 0.6) is 0 Å². The summed E-state index contributed by atoms with van der Waals surface area (Å²) in [5.74, 6) is -2.37. The Bertz CT molecular complexity index is 167. The summed E-state index contributed by atoms with van der Waals surface area (Å²) in [6.07, 6.45) is 0. The van der Waals surface area contributed by atoms with E-state index in [1.54, 1.807) is 6.92 Å². The molecule has 2 N–H and O–H groups in total. The summed E-state index contributed by atoms with van der Waals surface area (Å²) in [5.41, 5.74) is 5.39. The highest BCUT2D eigenvalue weighted by atomic mass is 35.5. The van der Waals surface area contributed by atoms with Gasteiger partial charge in [-0.2, -0.15) is 0 Å². The number of carbonyl (C=O) groups excluding carboxylic acids is 2. The van der Waals surface area contributed by atoms with Crippen LogP contribution in [0.2, 0.25) is 0 Å². The Kier molecular flexibility index (Phi) is 7.55. The number of methoxy groups -OCH3 is 2. The maximum Gasteiger partial charge on any atom is 0.321 e. The van der Waals surface area contributed by atoms with Gasteiger partial charge in [0, 0.05) is 6.04 Å². The minimum atomic E-state index is -1.03. The van der Waals surface area contributed by atoms with Gasteiger partial charge in [0.05, 0.1) is 14.2 Å². The monoisotopic (exact) mass is 211 g/mol. The van der Waals surface area contributed by atoms with Crippen LogP contribution in [-0.2, 0) is 19.1 Å². The second kappa shape index (κ2) is 6.68. The molecule has 0 rings (SSSR count). The standard InChI is InChI=1S/C7H13NO4.ClH/c1-4(8)5(6(9)11-2)7(10)12-3;/h4-5H,8H2,1-3H3;1H. The molecule has 1 unspecified atom stereocenters. The van der Waals surface area contributed by atoms with Crippen molar-refractivity contribution in [3.8, 4) is 0 Å². The molecule has 0 bridgehead atoms. The fourth-order valence-corrected chi connectivity index (χ4v) is 0.779. The largest absolute Gasteiger partial charge is 0.468 e. The third-order valence-corrected chi connectivity index (χ3v) is 1.44. The molecule has 0 heterocycles. The summed E-state index contributed by atoms with van der Waals surface area (Å²) in [4.78, 5) is 21.9. The van der Waals surface area contributed by atoms with Gasteiger partial charge in [-0.3, -0.25) is 9.59 Å². The lowest BCUT2D eigenvalue weighted by atomic mass is 10.0. The van der Waals surface area contributed by atoms with E-state index < -0.39 is 23.9 Å². The van der Waals surface area contributed by atoms with Gasteiger partial charge >= 0.3 is 11.9 Å². The molecule has 0 saturated carbocycles. The lowest BCUT2D eigenvalue weighted by molar-refractivity contribution is -0.159. The topological polar surface area (TPSA) is 78.6 Å². The van der Waals surface area contributed by atoms with Crippen molar-refractivity contribution < 1.29 is 19.1 Å². The number of esters is 2. The molecule has 0 aliphatic heterocycles. The molecule has 0 spiro atoms. The lowest BCUT2D eigenvalue weighted by Crippen LogP contribution is -2.40.